The Balaban J connectivity index is 1.44. The maximum atomic E-state index is 16.5. The van der Waals surface area contributed by atoms with Crippen LogP contribution in [0.2, 0.25) is 5.02 Å². The van der Waals surface area contributed by atoms with Crippen LogP contribution < -0.4 is 26.2 Å². The topological polar surface area (TPSA) is 95.2 Å². The molecule has 2 unspecified atom stereocenters. The van der Waals surface area contributed by atoms with Crippen LogP contribution in [0.25, 0.3) is 32.2 Å². The van der Waals surface area contributed by atoms with Crippen molar-refractivity contribution < 1.29 is 4.39 Å². The van der Waals surface area contributed by atoms with Crippen molar-refractivity contribution in [3.8, 4) is 11.1 Å². The predicted octanol–water partition coefficient (Wildman–Crippen LogP) is 3.49. The van der Waals surface area contributed by atoms with E-state index >= 15 is 4.39 Å². The first-order valence-corrected chi connectivity index (χ1v) is 13.5. The lowest BCUT2D eigenvalue weighted by Crippen LogP contribution is -2.45. The number of piperazine rings is 1. The second-order valence-corrected chi connectivity index (χ2v) is 11.3. The summed E-state index contributed by atoms with van der Waals surface area (Å²) >= 11 is 8.17. The molecule has 3 fully saturated rings. The van der Waals surface area contributed by atoms with Crippen molar-refractivity contribution >= 4 is 61.0 Å². The normalized spacial score (nSPS) is 22.2. The van der Waals surface area contributed by atoms with Crippen LogP contribution in [-0.2, 0) is 0 Å². The number of fused-ring (bicyclic) bond motifs is 4. The van der Waals surface area contributed by atoms with Crippen LogP contribution in [-0.4, -0.2) is 66.8 Å². The van der Waals surface area contributed by atoms with E-state index in [1.165, 1.54) is 17.8 Å². The molecule has 7 rings (SSSR count). The molecule has 3 aliphatic rings. The smallest absolute Gasteiger partial charge is 0.228 e. The zero-order chi connectivity index (χ0) is 24.4. The largest absolute Gasteiger partial charge is 0.375 e. The summed E-state index contributed by atoms with van der Waals surface area (Å²) in [6.07, 6.45) is 1.17. The Kier molecular flexibility index (Phi) is 5.39. The molecular weight excluding hydrogens is 499 g/mol. The van der Waals surface area contributed by atoms with E-state index < -0.39 is 5.82 Å². The number of piperidine rings is 1. The minimum Gasteiger partial charge on any atom is -0.375 e. The number of hydrogen-bond donors (Lipinski definition) is 3. The van der Waals surface area contributed by atoms with E-state index in [4.69, 9.17) is 27.3 Å². The number of rotatable bonds is 3. The second kappa shape index (κ2) is 8.65. The Hall–Kier alpha value is -2.79. The van der Waals surface area contributed by atoms with Gasteiger partial charge in [0.15, 0.2) is 10.9 Å². The molecule has 5 heterocycles. The molecule has 3 saturated heterocycles. The maximum absolute atomic E-state index is 16.5. The van der Waals surface area contributed by atoms with Gasteiger partial charge in [-0.15, -0.1) is 0 Å². The summed E-state index contributed by atoms with van der Waals surface area (Å²) < 4.78 is 17.4. The highest BCUT2D eigenvalue weighted by Gasteiger charge is 2.34. The zero-order valence-corrected chi connectivity index (χ0v) is 21.2. The molecule has 11 heteroatoms. The number of anilines is 3. The molecule has 0 amide bonds. The lowest BCUT2D eigenvalue weighted by atomic mass is 10.00. The summed E-state index contributed by atoms with van der Waals surface area (Å²) in [6, 6.07) is 7.88. The average Bonchev–Trinajstić information content (AvgIpc) is 3.44. The van der Waals surface area contributed by atoms with E-state index in [0.29, 0.717) is 55.6 Å². The number of aromatic nitrogens is 3. The Morgan fingerprint density at radius 1 is 1.08 bits per heavy atom. The number of hydrogen-bond acceptors (Lipinski definition) is 9. The fourth-order valence-electron chi connectivity index (χ4n) is 5.84. The number of halogens is 2. The number of nitrogens with two attached hydrogens (primary N) is 1. The molecule has 36 heavy (non-hydrogen) atoms. The van der Waals surface area contributed by atoms with E-state index in [2.05, 4.69) is 25.4 Å². The van der Waals surface area contributed by atoms with Crippen molar-refractivity contribution in [2.24, 2.45) is 5.92 Å². The minimum atomic E-state index is -0.449. The van der Waals surface area contributed by atoms with Gasteiger partial charge in [0.05, 0.1) is 15.2 Å². The van der Waals surface area contributed by atoms with Gasteiger partial charge in [-0.2, -0.15) is 4.98 Å². The molecule has 0 radical (unpaired) electrons. The lowest BCUT2D eigenvalue weighted by molar-refractivity contribution is 0.469. The summed E-state index contributed by atoms with van der Waals surface area (Å²) in [7, 11) is 0. The van der Waals surface area contributed by atoms with Crippen molar-refractivity contribution in [1.82, 2.24) is 25.6 Å². The minimum absolute atomic E-state index is 0.291. The van der Waals surface area contributed by atoms with Gasteiger partial charge in [-0.05, 0) is 24.5 Å². The summed E-state index contributed by atoms with van der Waals surface area (Å²) in [4.78, 5) is 18.7. The average molecular weight is 525 g/mol. The molecule has 3 aliphatic heterocycles. The molecule has 2 bridgehead atoms. The molecule has 0 saturated carbocycles. The highest BCUT2D eigenvalue weighted by atomic mass is 35.5. The predicted molar refractivity (Wildman–Crippen MR) is 145 cm³/mol. The number of para-hydroxylation sites is 1. The summed E-state index contributed by atoms with van der Waals surface area (Å²) in [5, 5.41) is 8.35. The Morgan fingerprint density at radius 2 is 1.94 bits per heavy atom. The molecule has 0 spiro atoms. The first-order valence-electron chi connectivity index (χ1n) is 12.3. The van der Waals surface area contributed by atoms with Gasteiger partial charge in [-0.25, -0.2) is 14.4 Å². The van der Waals surface area contributed by atoms with E-state index in [1.54, 1.807) is 0 Å². The SMILES string of the molecule is Nc1nc2c(-c3c(Cl)cc4c(N5CCNCC5)nc(N5CC6CNC(C6)C5)nc4c3F)cccc2s1. The van der Waals surface area contributed by atoms with Crippen LogP contribution in [0, 0.1) is 11.7 Å². The van der Waals surface area contributed by atoms with E-state index in [-0.39, 0.29) is 0 Å². The Bertz CT molecular complexity index is 1470. The first-order chi connectivity index (χ1) is 17.5. The molecule has 2 aromatic heterocycles. The highest BCUT2D eigenvalue weighted by molar-refractivity contribution is 7.22. The van der Waals surface area contributed by atoms with Gasteiger partial charge in [-0.1, -0.05) is 35.1 Å². The van der Waals surface area contributed by atoms with Crippen molar-refractivity contribution in [1.29, 1.82) is 0 Å². The number of nitrogens with one attached hydrogen (secondary N) is 2. The number of nitrogens with zero attached hydrogens (tertiary/aromatic N) is 5. The molecule has 186 valence electrons. The standard InChI is InChI=1S/C25H26ClFN8S/c26-17-9-16-22(20(27)19(17)15-2-1-3-18-21(15)31-24(28)36-18)32-25(33-23(16)34-6-4-29-5-7-34)35-11-13-8-14(12-35)30-10-13/h1-3,9,13-14,29-30H,4-8,10-12H2,(H2,28,31). The summed E-state index contributed by atoms with van der Waals surface area (Å²) in [5.41, 5.74) is 7.84. The molecule has 0 aliphatic carbocycles. The molecule has 8 nitrogen and oxygen atoms in total. The van der Waals surface area contributed by atoms with Gasteiger partial charge in [-0.3, -0.25) is 0 Å². The van der Waals surface area contributed by atoms with Crippen molar-refractivity contribution in [3.63, 3.8) is 0 Å². The van der Waals surface area contributed by atoms with Crippen molar-refractivity contribution in [2.45, 2.75) is 12.5 Å². The summed E-state index contributed by atoms with van der Waals surface area (Å²) in [5.74, 6) is 1.43. The van der Waals surface area contributed by atoms with Crippen LogP contribution >= 0.6 is 22.9 Å². The monoisotopic (exact) mass is 524 g/mol. The van der Waals surface area contributed by atoms with E-state index in [1.807, 2.05) is 24.3 Å². The number of thiazole rings is 1. The van der Waals surface area contributed by atoms with Gasteiger partial charge >= 0.3 is 0 Å². The van der Waals surface area contributed by atoms with Crippen LogP contribution in [0.4, 0.5) is 21.3 Å². The fourth-order valence-corrected chi connectivity index (χ4v) is 6.89. The third-order valence-corrected chi connectivity index (χ3v) is 8.64. The Labute approximate surface area is 216 Å². The maximum Gasteiger partial charge on any atom is 0.228 e. The van der Waals surface area contributed by atoms with E-state index in [0.717, 1.165) is 56.3 Å². The third kappa shape index (κ3) is 3.66. The van der Waals surface area contributed by atoms with Crippen LogP contribution in [0.3, 0.4) is 0 Å². The molecule has 2 atom stereocenters. The molecule has 4 N–H and O–H groups in total. The second-order valence-electron chi connectivity index (χ2n) is 9.84. The van der Waals surface area contributed by atoms with Crippen LogP contribution in [0.15, 0.2) is 24.3 Å². The van der Waals surface area contributed by atoms with E-state index in [9.17, 15) is 0 Å². The van der Waals surface area contributed by atoms with Gasteiger partial charge in [0.1, 0.15) is 11.3 Å². The number of benzene rings is 2. The molecule has 4 aromatic rings. The third-order valence-electron chi connectivity index (χ3n) is 7.49. The van der Waals surface area contributed by atoms with Crippen LogP contribution in [0.5, 0.6) is 0 Å². The Morgan fingerprint density at radius 3 is 2.78 bits per heavy atom. The van der Waals surface area contributed by atoms with Gasteiger partial charge < -0.3 is 26.2 Å². The van der Waals surface area contributed by atoms with Gasteiger partial charge in [0.25, 0.3) is 0 Å². The first kappa shape index (κ1) is 22.4. The quantitative estimate of drug-likeness (QED) is 0.375. The van der Waals surface area contributed by atoms with Crippen molar-refractivity contribution in [3.05, 3.63) is 35.1 Å². The highest BCUT2D eigenvalue weighted by Crippen LogP contribution is 2.42. The fraction of sp³-hybridized carbons (Fsp3) is 0.400. The number of nitrogen functional groups attached to an aromatic ring is 1. The van der Waals surface area contributed by atoms with Gasteiger partial charge in [0.2, 0.25) is 5.95 Å². The molecular formula is C25H26ClFN8S. The summed E-state index contributed by atoms with van der Waals surface area (Å²) in [6.45, 7) is 5.97. The zero-order valence-electron chi connectivity index (χ0n) is 19.6. The van der Waals surface area contributed by atoms with Crippen molar-refractivity contribution in [2.75, 3.05) is 61.3 Å². The van der Waals surface area contributed by atoms with Crippen LogP contribution in [0.1, 0.15) is 6.42 Å². The van der Waals surface area contributed by atoms with Gasteiger partial charge in [0, 0.05) is 68.4 Å². The molecule has 2 aromatic carbocycles. The lowest BCUT2D eigenvalue weighted by Gasteiger charge is -2.33.